The van der Waals surface area contributed by atoms with E-state index in [0.717, 1.165) is 0 Å². The maximum Gasteiger partial charge on any atom is 0.326 e. The number of aromatic hydroxyl groups is 2. The van der Waals surface area contributed by atoms with Gasteiger partial charge in [0.1, 0.15) is 71.9 Å². The topological polar surface area (TPSA) is 581 Å². The molecule has 10 amide bonds. The number of nitrogens with one attached hydrogen (secondary N) is 10. The van der Waals surface area contributed by atoms with Crippen molar-refractivity contribution in [1.29, 1.82) is 0 Å². The third-order valence-electron chi connectivity index (χ3n) is 15.1. The number of thiol groups is 1. The molecule has 11 atom stereocenters. The number of carbonyl (C=O) groups excluding carboxylic acids is 10. The van der Waals surface area contributed by atoms with Crippen molar-refractivity contribution in [1.82, 2.24) is 53.2 Å². The van der Waals surface area contributed by atoms with Crippen LogP contribution in [-0.2, 0) is 76.8 Å². The Labute approximate surface area is 584 Å². The minimum absolute atomic E-state index is 0.00594. The summed E-state index contributed by atoms with van der Waals surface area (Å²) in [5.41, 5.74) is 29.6. The van der Waals surface area contributed by atoms with Gasteiger partial charge in [-0.1, -0.05) is 82.3 Å². The lowest BCUT2D eigenvalue weighted by Gasteiger charge is -2.28. The number of carboxylic acids is 2. The summed E-state index contributed by atoms with van der Waals surface area (Å²) in [6, 6.07) is 3.15. The Morgan fingerprint density at radius 1 is 0.420 bits per heavy atom. The summed E-state index contributed by atoms with van der Waals surface area (Å²) in [7, 11) is 0. The first kappa shape index (κ1) is 83.9. The monoisotopic (exact) mass is 1420 g/mol. The molecule has 550 valence electrons. The third-order valence-corrected chi connectivity index (χ3v) is 15.5. The van der Waals surface area contributed by atoms with Crippen LogP contribution in [0.2, 0.25) is 0 Å². The molecule has 0 saturated carbocycles. The molecule has 0 bridgehead atoms. The van der Waals surface area contributed by atoms with Crippen molar-refractivity contribution < 1.29 is 83.1 Å². The van der Waals surface area contributed by atoms with Crippen LogP contribution in [0.15, 0.2) is 88.8 Å². The lowest BCUT2D eigenvalue weighted by molar-refractivity contribution is -0.143. The van der Waals surface area contributed by atoms with Gasteiger partial charge in [0.15, 0.2) is 11.9 Å². The van der Waals surface area contributed by atoms with Gasteiger partial charge in [-0.05, 0) is 105 Å². The number of nitrogens with two attached hydrogens (primary N) is 5. The quantitative estimate of drug-likeness (QED) is 0.0113. The van der Waals surface area contributed by atoms with Crippen molar-refractivity contribution in [3.63, 3.8) is 0 Å². The standard InChI is InChI=1S/C65H97N17O17S/c1-34(2)27-42(66)54(89)77-46(30-38-15-19-40(84)20-16-38)58(93)75-43(13-9-25-71-64(67)68)55(90)73-36(5)53(88)74-45(23-24-52(86)87)57(92)82-51(33-100)62(97)81-50(32-83)61(96)79-48(31-39-17-21-41(85)22-18-39)59(94)76-44(14-10-26-72-65(69)70)56(91)78-47(29-37-11-7-6-8-12-37)60(95)80-49(63(98)99)28-35(3)4/h6-8,11-12,15-22,34-36,42-51,83-85,100H,9-10,13-14,23-33,66H2,1-5H3,(H,73,90)(H,74,88)(H,75,93)(H,76,94)(H,77,89)(H,78,91)(H,79,96)(H,80,95)(H,81,97)(H,82,92)(H,86,87)(H,98,99)(H4,67,68,71)(H4,69,70,72)/t36-,42-,43-,44-,45-,46-,47-,48-,49-,50-,51-/m0/s1. The van der Waals surface area contributed by atoms with Crippen LogP contribution < -0.4 is 81.8 Å². The smallest absolute Gasteiger partial charge is 0.326 e. The Bertz CT molecular complexity index is 3280. The molecular formula is C65H97N17O17S. The van der Waals surface area contributed by atoms with Gasteiger partial charge in [-0.2, -0.15) is 12.6 Å². The molecule has 3 aromatic carbocycles. The summed E-state index contributed by atoms with van der Waals surface area (Å²) >= 11 is 4.19. The number of rotatable bonds is 44. The van der Waals surface area contributed by atoms with Crippen molar-refractivity contribution >= 4 is 95.6 Å². The Morgan fingerprint density at radius 3 is 1.16 bits per heavy atom. The number of nitrogens with zero attached hydrogens (tertiary/aromatic N) is 2. The predicted molar refractivity (Wildman–Crippen MR) is 371 cm³/mol. The lowest BCUT2D eigenvalue weighted by atomic mass is 10.0. The average molecular weight is 1420 g/mol. The van der Waals surface area contributed by atoms with Gasteiger partial charge >= 0.3 is 11.9 Å². The van der Waals surface area contributed by atoms with Crippen LogP contribution in [0, 0.1) is 11.8 Å². The number of hydrogen-bond donors (Lipinski definition) is 21. The Balaban J connectivity index is 1.89. The summed E-state index contributed by atoms with van der Waals surface area (Å²) < 4.78 is 0. The van der Waals surface area contributed by atoms with E-state index >= 15 is 0 Å². The zero-order valence-corrected chi connectivity index (χ0v) is 57.4. The number of benzene rings is 3. The molecule has 0 aromatic heterocycles. The number of hydrogen-bond acceptors (Lipinski definition) is 19. The zero-order chi connectivity index (χ0) is 74.8. The first-order chi connectivity index (χ1) is 47.2. The van der Waals surface area contributed by atoms with Crippen LogP contribution in [-0.4, -0.2) is 200 Å². The number of phenols is 2. The van der Waals surface area contributed by atoms with E-state index in [2.05, 4.69) is 75.8 Å². The molecule has 0 radical (unpaired) electrons. The second-order valence-electron chi connectivity index (χ2n) is 24.6. The summed E-state index contributed by atoms with van der Waals surface area (Å²) in [5, 5.41) is 74.9. The maximum atomic E-state index is 14.6. The minimum Gasteiger partial charge on any atom is -0.508 e. The number of carboxylic acid groups (broad SMARTS) is 2. The normalized spacial score (nSPS) is 14.3. The third kappa shape index (κ3) is 31.5. The fraction of sp³-hybridized carbons (Fsp3) is 0.508. The number of carbonyl (C=O) groups is 12. The summed E-state index contributed by atoms with van der Waals surface area (Å²) in [5.74, 6) is -14.0. The van der Waals surface area contributed by atoms with Crippen molar-refractivity contribution in [2.24, 2.45) is 50.5 Å². The van der Waals surface area contributed by atoms with E-state index in [1.807, 2.05) is 13.8 Å². The van der Waals surface area contributed by atoms with Crippen molar-refractivity contribution in [3.8, 4) is 11.5 Å². The molecular weight excluding hydrogens is 1320 g/mol. The number of amides is 10. The maximum absolute atomic E-state index is 14.6. The molecule has 3 rings (SSSR count). The molecule has 35 heteroatoms. The Kier molecular flexibility index (Phi) is 36.2. The van der Waals surface area contributed by atoms with Crippen LogP contribution in [0.1, 0.15) is 103 Å². The summed E-state index contributed by atoms with van der Waals surface area (Å²) in [6.07, 6.45) is -1.75. The van der Waals surface area contributed by atoms with E-state index in [4.69, 9.17) is 28.7 Å². The van der Waals surface area contributed by atoms with Gasteiger partial charge in [0, 0.05) is 44.5 Å². The number of guanidine groups is 2. The van der Waals surface area contributed by atoms with Crippen molar-refractivity contribution in [3.05, 3.63) is 95.6 Å². The molecule has 100 heavy (non-hydrogen) atoms. The minimum atomic E-state index is -1.90. The molecule has 0 saturated heterocycles. The second kappa shape index (κ2) is 43.2. The van der Waals surface area contributed by atoms with Crippen LogP contribution in [0.3, 0.4) is 0 Å². The molecule has 25 N–H and O–H groups in total. The molecule has 34 nitrogen and oxygen atoms in total. The number of phenolic OH excluding ortho intramolecular Hbond substituents is 2. The van der Waals surface area contributed by atoms with Gasteiger partial charge in [-0.25, -0.2) is 4.79 Å². The lowest BCUT2D eigenvalue weighted by Crippen LogP contribution is -2.61. The molecule has 0 aliphatic heterocycles. The summed E-state index contributed by atoms with van der Waals surface area (Å²) in [6.45, 7) is 7.25. The highest BCUT2D eigenvalue weighted by Crippen LogP contribution is 2.16. The highest BCUT2D eigenvalue weighted by atomic mass is 32.1. The highest BCUT2D eigenvalue weighted by Gasteiger charge is 2.36. The van der Waals surface area contributed by atoms with Crippen LogP contribution >= 0.6 is 12.6 Å². The largest absolute Gasteiger partial charge is 0.508 e. The highest BCUT2D eigenvalue weighted by molar-refractivity contribution is 7.80. The van der Waals surface area contributed by atoms with E-state index < -0.39 is 163 Å². The molecule has 3 aromatic rings. The van der Waals surface area contributed by atoms with Gasteiger partial charge in [0.25, 0.3) is 0 Å². The first-order valence-corrected chi connectivity index (χ1v) is 33.0. The van der Waals surface area contributed by atoms with Gasteiger partial charge in [-0.15, -0.1) is 0 Å². The fourth-order valence-electron chi connectivity index (χ4n) is 9.85. The Hall–Kier alpha value is -10.3. The van der Waals surface area contributed by atoms with Crippen LogP contribution in [0.25, 0.3) is 0 Å². The number of aliphatic hydroxyl groups excluding tert-OH is 1. The molecule has 0 aliphatic rings. The number of aliphatic imine (C=N–C) groups is 2. The van der Waals surface area contributed by atoms with E-state index in [9.17, 15) is 83.1 Å². The van der Waals surface area contributed by atoms with Crippen LogP contribution in [0.4, 0.5) is 0 Å². The SMILES string of the molecule is CC(C)C[C@H](NC(=O)[C@H](Cc1ccccc1)NC(=O)[C@H](CCCN=C(N)N)NC(=O)[C@H](Cc1ccc(O)cc1)NC(=O)[C@H](CO)NC(=O)[C@H](CS)NC(=O)[C@H](CCC(=O)O)NC(=O)[C@H](C)NC(=O)[C@H](CCCN=C(N)N)NC(=O)[C@H](Cc1ccc(O)cc1)NC(=O)[C@@H](N)CC(C)C)C(=O)O. The van der Waals surface area contributed by atoms with Crippen LogP contribution in [0.5, 0.6) is 11.5 Å². The Morgan fingerprint density at radius 2 is 0.760 bits per heavy atom. The van der Waals surface area contributed by atoms with E-state index in [-0.39, 0.29) is 106 Å². The predicted octanol–water partition coefficient (Wildman–Crippen LogP) is -3.61. The van der Waals surface area contributed by atoms with Crippen molar-refractivity contribution in [2.45, 2.75) is 172 Å². The van der Waals surface area contributed by atoms with Gasteiger partial charge < -0.3 is 107 Å². The zero-order valence-electron chi connectivity index (χ0n) is 56.5. The van der Waals surface area contributed by atoms with E-state index in [0.29, 0.717) is 16.7 Å². The van der Waals surface area contributed by atoms with Gasteiger partial charge in [0.05, 0.1) is 12.6 Å². The summed E-state index contributed by atoms with van der Waals surface area (Å²) in [4.78, 5) is 172. The molecule has 0 aliphatic carbocycles. The molecule has 0 heterocycles. The molecule has 0 unspecified atom stereocenters. The van der Waals surface area contributed by atoms with Gasteiger partial charge in [0.2, 0.25) is 59.1 Å². The van der Waals surface area contributed by atoms with Crippen molar-refractivity contribution in [2.75, 3.05) is 25.4 Å². The first-order valence-electron chi connectivity index (χ1n) is 32.4. The van der Waals surface area contributed by atoms with E-state index in [1.165, 1.54) is 55.5 Å². The number of aliphatic hydroxyl groups is 1. The molecule has 0 spiro atoms. The fourth-order valence-corrected chi connectivity index (χ4v) is 10.1. The van der Waals surface area contributed by atoms with E-state index in [1.54, 1.807) is 44.2 Å². The second-order valence-corrected chi connectivity index (χ2v) is 25.0. The number of aliphatic carboxylic acids is 2. The van der Waals surface area contributed by atoms with Gasteiger partial charge in [-0.3, -0.25) is 62.7 Å². The average Bonchev–Trinajstić information content (AvgIpc) is 0.862. The molecule has 0 fully saturated rings.